The van der Waals surface area contributed by atoms with Gasteiger partial charge in [0.25, 0.3) is 0 Å². The van der Waals surface area contributed by atoms with Gasteiger partial charge >= 0.3 is 0 Å². The van der Waals surface area contributed by atoms with Crippen LogP contribution in [-0.4, -0.2) is 28.2 Å². The molecule has 0 aromatic rings. The van der Waals surface area contributed by atoms with Gasteiger partial charge in [-0.25, -0.2) is 0 Å². The Morgan fingerprint density at radius 1 is 1.12 bits per heavy atom. The van der Waals surface area contributed by atoms with Crippen LogP contribution in [0.15, 0.2) is 47.6 Å². The van der Waals surface area contributed by atoms with E-state index in [-0.39, 0.29) is 17.3 Å². The normalized spacial score (nSPS) is 38.8. The summed E-state index contributed by atoms with van der Waals surface area (Å²) in [7, 11) is 0. The summed E-state index contributed by atoms with van der Waals surface area (Å²) in [5.41, 5.74) is 3.78. The van der Waals surface area contributed by atoms with Crippen LogP contribution in [0, 0.1) is 28.6 Å². The highest BCUT2D eigenvalue weighted by Gasteiger charge is 2.53. The third-order valence-electron chi connectivity index (χ3n) is 9.51. The van der Waals surface area contributed by atoms with E-state index in [1.807, 2.05) is 6.08 Å². The molecule has 2 N–H and O–H groups in total. The van der Waals surface area contributed by atoms with Crippen LogP contribution in [0.1, 0.15) is 85.0 Å². The average molecular weight is 439 g/mol. The SMILES string of the molecule is C=C1CC[C@H](O)CC1=CC=C1CCC[C@]2(C)[C@@H]([C@H](C)C=C[C@@H](O)C3(C(C)=O)CC3)CC[C@@H]12. The van der Waals surface area contributed by atoms with Gasteiger partial charge in [-0.2, -0.15) is 0 Å². The van der Waals surface area contributed by atoms with Crippen molar-refractivity contribution >= 4 is 5.78 Å². The Morgan fingerprint density at radius 3 is 2.56 bits per heavy atom. The van der Waals surface area contributed by atoms with Crippen LogP contribution < -0.4 is 0 Å². The number of hydrogen-bond acceptors (Lipinski definition) is 3. The molecule has 176 valence electrons. The number of carbonyl (C=O) groups is 1. The molecule has 3 heteroatoms. The van der Waals surface area contributed by atoms with Gasteiger partial charge in [0.15, 0.2) is 0 Å². The minimum atomic E-state index is -0.639. The molecular weight excluding hydrogens is 396 g/mol. The first-order valence-corrected chi connectivity index (χ1v) is 12.8. The zero-order chi connectivity index (χ0) is 23.1. The smallest absolute Gasteiger partial charge is 0.138 e. The monoisotopic (exact) mass is 438 g/mol. The summed E-state index contributed by atoms with van der Waals surface area (Å²) < 4.78 is 0. The molecule has 4 aliphatic rings. The van der Waals surface area contributed by atoms with E-state index in [9.17, 15) is 15.0 Å². The molecule has 0 heterocycles. The van der Waals surface area contributed by atoms with Crippen LogP contribution in [0.2, 0.25) is 0 Å². The van der Waals surface area contributed by atoms with Gasteiger partial charge in [0.05, 0.1) is 17.6 Å². The standard InChI is InChI=1S/C29H42O3/c1-19-7-11-24(31)18-23(19)10-9-22-6-5-15-28(4)25(12-13-26(22)28)20(2)8-14-27(32)29(16-17-29)21(3)30/h8-10,14,20,24-27,31-32H,1,5-7,11-13,15-18H2,2-4H3/t20-,24+,25-,26+,27-,28-/m1/s1. The average Bonchev–Trinajstić information content (AvgIpc) is 3.49. The second-order valence-corrected chi connectivity index (χ2v) is 11.4. The van der Waals surface area contributed by atoms with E-state index < -0.39 is 11.5 Å². The second kappa shape index (κ2) is 9.06. The van der Waals surface area contributed by atoms with Gasteiger partial charge in [-0.3, -0.25) is 4.79 Å². The molecule has 6 atom stereocenters. The van der Waals surface area contributed by atoms with Crippen LogP contribution in [0.3, 0.4) is 0 Å². The van der Waals surface area contributed by atoms with Gasteiger partial charge < -0.3 is 10.2 Å². The highest BCUT2D eigenvalue weighted by molar-refractivity contribution is 5.86. The van der Waals surface area contributed by atoms with Crippen molar-refractivity contribution in [2.24, 2.45) is 28.6 Å². The van der Waals surface area contributed by atoms with E-state index in [0.29, 0.717) is 17.8 Å². The summed E-state index contributed by atoms with van der Waals surface area (Å²) in [6.45, 7) is 10.6. The van der Waals surface area contributed by atoms with Gasteiger partial charge in [0.1, 0.15) is 5.78 Å². The van der Waals surface area contributed by atoms with Crippen molar-refractivity contribution in [1.29, 1.82) is 0 Å². The summed E-state index contributed by atoms with van der Waals surface area (Å²) >= 11 is 0. The molecule has 0 saturated heterocycles. The first-order valence-electron chi connectivity index (χ1n) is 12.8. The highest BCUT2D eigenvalue weighted by Crippen LogP contribution is 2.59. The number of ketones is 1. The number of rotatable bonds is 6. The molecule has 0 aromatic heterocycles. The number of aliphatic hydroxyl groups is 2. The lowest BCUT2D eigenvalue weighted by molar-refractivity contribution is -0.124. The molecular formula is C29H42O3. The number of allylic oxidation sites excluding steroid dienone is 5. The lowest BCUT2D eigenvalue weighted by Crippen LogP contribution is -2.35. The van der Waals surface area contributed by atoms with E-state index in [0.717, 1.165) is 32.1 Å². The van der Waals surface area contributed by atoms with E-state index in [4.69, 9.17) is 0 Å². The largest absolute Gasteiger partial charge is 0.393 e. The van der Waals surface area contributed by atoms with Crippen LogP contribution >= 0.6 is 0 Å². The molecule has 4 rings (SSSR count). The quantitative estimate of drug-likeness (QED) is 0.494. The first kappa shape index (κ1) is 23.7. The van der Waals surface area contributed by atoms with Crippen molar-refractivity contribution in [2.75, 3.05) is 0 Å². The molecule has 0 bridgehead atoms. The number of Topliss-reactive ketones (excluding diaryl/α,β-unsaturated/α-hetero) is 1. The van der Waals surface area contributed by atoms with Gasteiger partial charge in [-0.05, 0) is 99.9 Å². The minimum Gasteiger partial charge on any atom is -0.393 e. The fourth-order valence-corrected chi connectivity index (χ4v) is 7.13. The van der Waals surface area contributed by atoms with Gasteiger partial charge in [0.2, 0.25) is 0 Å². The van der Waals surface area contributed by atoms with Crippen molar-refractivity contribution in [2.45, 2.75) is 97.2 Å². The van der Waals surface area contributed by atoms with E-state index in [1.54, 1.807) is 12.5 Å². The molecule has 0 aliphatic heterocycles. The Morgan fingerprint density at radius 2 is 1.88 bits per heavy atom. The minimum absolute atomic E-state index is 0.125. The van der Waals surface area contributed by atoms with Gasteiger partial charge in [-0.15, -0.1) is 0 Å². The Hall–Kier alpha value is -1.45. The third kappa shape index (κ3) is 4.35. The van der Waals surface area contributed by atoms with Crippen LogP contribution in [0.25, 0.3) is 0 Å². The Bertz CT molecular complexity index is 842. The fraction of sp³-hybridized carbons (Fsp3) is 0.690. The summed E-state index contributed by atoms with van der Waals surface area (Å²) in [4.78, 5) is 11.9. The molecule has 0 aromatic carbocycles. The fourth-order valence-electron chi connectivity index (χ4n) is 7.13. The van der Waals surface area contributed by atoms with Gasteiger partial charge in [0, 0.05) is 0 Å². The highest BCUT2D eigenvalue weighted by atomic mass is 16.3. The van der Waals surface area contributed by atoms with Crippen molar-refractivity contribution in [3.63, 3.8) is 0 Å². The zero-order valence-corrected chi connectivity index (χ0v) is 20.3. The molecule has 4 fully saturated rings. The van der Waals surface area contributed by atoms with E-state index in [1.165, 1.54) is 43.3 Å². The topological polar surface area (TPSA) is 57.5 Å². The van der Waals surface area contributed by atoms with Crippen molar-refractivity contribution in [3.8, 4) is 0 Å². The van der Waals surface area contributed by atoms with Gasteiger partial charge in [-0.1, -0.05) is 55.9 Å². The molecule has 3 nitrogen and oxygen atoms in total. The summed E-state index contributed by atoms with van der Waals surface area (Å²) in [5.74, 6) is 1.74. The van der Waals surface area contributed by atoms with Crippen molar-refractivity contribution < 1.29 is 15.0 Å². The Labute approximate surface area is 194 Å². The number of fused-ring (bicyclic) bond motifs is 1. The number of hydrogen-bond donors (Lipinski definition) is 2. The Kier molecular flexibility index (Phi) is 6.71. The summed E-state index contributed by atoms with van der Waals surface area (Å²) in [5, 5.41) is 20.7. The third-order valence-corrected chi connectivity index (χ3v) is 9.51. The zero-order valence-electron chi connectivity index (χ0n) is 20.3. The predicted molar refractivity (Wildman–Crippen MR) is 130 cm³/mol. The molecule has 32 heavy (non-hydrogen) atoms. The number of carbonyl (C=O) groups excluding carboxylic acids is 1. The van der Waals surface area contributed by atoms with Crippen molar-refractivity contribution in [3.05, 3.63) is 47.6 Å². The lowest BCUT2D eigenvalue weighted by atomic mass is 9.61. The molecule has 0 radical (unpaired) electrons. The van der Waals surface area contributed by atoms with E-state index >= 15 is 0 Å². The maximum absolute atomic E-state index is 11.9. The molecule has 4 saturated carbocycles. The van der Waals surface area contributed by atoms with Crippen molar-refractivity contribution in [1.82, 2.24) is 0 Å². The molecule has 0 amide bonds. The van der Waals surface area contributed by atoms with Crippen LogP contribution in [-0.2, 0) is 4.79 Å². The van der Waals surface area contributed by atoms with Crippen LogP contribution in [0.5, 0.6) is 0 Å². The lowest BCUT2D eigenvalue weighted by Gasteiger charge is -2.44. The molecule has 0 spiro atoms. The summed E-state index contributed by atoms with van der Waals surface area (Å²) in [6.07, 6.45) is 18.1. The maximum Gasteiger partial charge on any atom is 0.138 e. The molecule has 0 unspecified atom stereocenters. The predicted octanol–water partition coefficient (Wildman–Crippen LogP) is 6.08. The van der Waals surface area contributed by atoms with E-state index in [2.05, 4.69) is 38.7 Å². The Balaban J connectivity index is 1.47. The molecule has 4 aliphatic carbocycles. The maximum atomic E-state index is 11.9. The number of aliphatic hydroxyl groups excluding tert-OH is 2. The first-order chi connectivity index (χ1) is 15.2. The van der Waals surface area contributed by atoms with Crippen LogP contribution in [0.4, 0.5) is 0 Å². The summed E-state index contributed by atoms with van der Waals surface area (Å²) in [6, 6.07) is 0. The second-order valence-electron chi connectivity index (χ2n) is 11.4.